The summed E-state index contributed by atoms with van der Waals surface area (Å²) in [5.74, 6) is 0. The van der Waals surface area contributed by atoms with Crippen molar-refractivity contribution in [2.45, 2.75) is 37.6 Å². The second kappa shape index (κ2) is 3.62. The van der Waals surface area contributed by atoms with Gasteiger partial charge in [0.05, 0.1) is 0 Å². The van der Waals surface area contributed by atoms with E-state index in [1.165, 1.54) is 0 Å². The largest absolute Gasteiger partial charge is 0.415 e. The summed E-state index contributed by atoms with van der Waals surface area (Å²) in [6.07, 6.45) is -3.80. The third-order valence-corrected chi connectivity index (χ3v) is 2.08. The molecule has 1 aliphatic rings. The van der Waals surface area contributed by atoms with Crippen molar-refractivity contribution in [2.24, 2.45) is 0 Å². The molecule has 72 valence electrons. The molecule has 1 aliphatic carbocycles. The lowest BCUT2D eigenvalue weighted by atomic mass is 9.93. The summed E-state index contributed by atoms with van der Waals surface area (Å²) < 4.78 is 35.2. The van der Waals surface area contributed by atoms with E-state index in [0.717, 1.165) is 19.3 Å². The van der Waals surface area contributed by atoms with Crippen molar-refractivity contribution in [2.75, 3.05) is 6.54 Å². The molecule has 0 heterocycles. The molecule has 0 radical (unpaired) electrons. The Morgan fingerprint density at radius 1 is 1.42 bits per heavy atom. The van der Waals surface area contributed by atoms with E-state index in [-0.39, 0.29) is 12.6 Å². The number of alkyl halides is 3. The van der Waals surface area contributed by atoms with Crippen molar-refractivity contribution in [1.82, 2.24) is 5.32 Å². The second-order valence-corrected chi connectivity index (χ2v) is 3.09. The predicted molar refractivity (Wildman–Crippen MR) is 37.7 cm³/mol. The van der Waals surface area contributed by atoms with Crippen molar-refractivity contribution in [3.8, 4) is 0 Å². The van der Waals surface area contributed by atoms with E-state index < -0.39 is 12.3 Å². The average molecular weight is 183 g/mol. The Labute approximate surface area is 68.8 Å². The highest BCUT2D eigenvalue weighted by molar-refractivity contribution is 4.79. The van der Waals surface area contributed by atoms with Crippen molar-refractivity contribution in [1.29, 1.82) is 0 Å². The molecule has 1 atom stereocenters. The van der Waals surface area contributed by atoms with Crippen molar-refractivity contribution >= 4 is 0 Å². The maximum absolute atomic E-state index is 11.7. The molecule has 0 aromatic rings. The topological polar surface area (TPSA) is 32.3 Å². The van der Waals surface area contributed by atoms with E-state index in [1.807, 2.05) is 0 Å². The summed E-state index contributed by atoms with van der Waals surface area (Å²) >= 11 is 0. The lowest BCUT2D eigenvalue weighted by Crippen LogP contribution is -2.44. The van der Waals surface area contributed by atoms with E-state index in [0.29, 0.717) is 0 Å². The molecule has 1 fully saturated rings. The van der Waals surface area contributed by atoms with Gasteiger partial charge in [-0.25, -0.2) is 0 Å². The van der Waals surface area contributed by atoms with Crippen LogP contribution in [0.15, 0.2) is 0 Å². The number of halogens is 3. The second-order valence-electron chi connectivity index (χ2n) is 3.09. The van der Waals surface area contributed by atoms with Crippen LogP contribution in [0.25, 0.3) is 0 Å². The zero-order valence-corrected chi connectivity index (χ0v) is 6.56. The van der Waals surface area contributed by atoms with Crippen molar-refractivity contribution in [3.63, 3.8) is 0 Å². The van der Waals surface area contributed by atoms with Gasteiger partial charge in [0.25, 0.3) is 0 Å². The highest BCUT2D eigenvalue weighted by Crippen LogP contribution is 2.21. The molecule has 0 amide bonds. The maximum atomic E-state index is 11.7. The summed E-state index contributed by atoms with van der Waals surface area (Å²) in [7, 11) is 0. The molecular formula is C7H12F3NO. The van der Waals surface area contributed by atoms with Gasteiger partial charge in [0.1, 0.15) is 0 Å². The minimum Gasteiger partial charge on any atom is -0.382 e. The van der Waals surface area contributed by atoms with E-state index in [9.17, 15) is 13.2 Å². The number of aliphatic hydroxyl groups is 1. The third kappa shape index (κ3) is 2.64. The smallest absolute Gasteiger partial charge is 0.382 e. The van der Waals surface area contributed by atoms with Crippen LogP contribution in [0.1, 0.15) is 19.3 Å². The minimum atomic E-state index is -4.49. The molecule has 1 saturated carbocycles. The quantitative estimate of drug-likeness (QED) is 0.685. The molecule has 0 aromatic heterocycles. The first-order valence-electron chi connectivity index (χ1n) is 3.98. The Balaban J connectivity index is 2.13. The third-order valence-electron chi connectivity index (χ3n) is 2.08. The van der Waals surface area contributed by atoms with Crippen LogP contribution in [0, 0.1) is 0 Å². The first kappa shape index (κ1) is 9.80. The standard InChI is InChI=1S/C7H12F3NO/c8-7(9,10)6(12)4-11-5-2-1-3-5/h5-6,11-12H,1-4H2. The molecule has 12 heavy (non-hydrogen) atoms. The monoisotopic (exact) mass is 183 g/mol. The fourth-order valence-electron chi connectivity index (χ4n) is 1.01. The molecular weight excluding hydrogens is 171 g/mol. The summed E-state index contributed by atoms with van der Waals surface area (Å²) in [6, 6.07) is 0.182. The van der Waals surface area contributed by atoms with Crippen LogP contribution in [0.2, 0.25) is 0 Å². The molecule has 2 N–H and O–H groups in total. The maximum Gasteiger partial charge on any atom is 0.415 e. The van der Waals surface area contributed by atoms with Crippen LogP contribution >= 0.6 is 0 Å². The average Bonchev–Trinajstić information content (AvgIpc) is 1.81. The highest BCUT2D eigenvalue weighted by atomic mass is 19.4. The number of hydrogen-bond donors (Lipinski definition) is 2. The van der Waals surface area contributed by atoms with E-state index in [4.69, 9.17) is 5.11 Å². The van der Waals surface area contributed by atoms with Crippen LogP contribution in [0.5, 0.6) is 0 Å². The first-order chi connectivity index (χ1) is 5.50. The van der Waals surface area contributed by atoms with Gasteiger partial charge in [-0.3, -0.25) is 0 Å². The Hall–Kier alpha value is -0.290. The van der Waals surface area contributed by atoms with Gasteiger partial charge in [0.15, 0.2) is 6.10 Å². The van der Waals surface area contributed by atoms with Gasteiger partial charge in [-0.2, -0.15) is 13.2 Å². The first-order valence-corrected chi connectivity index (χ1v) is 3.98. The van der Waals surface area contributed by atoms with Crippen molar-refractivity contribution in [3.05, 3.63) is 0 Å². The molecule has 0 bridgehead atoms. The lowest BCUT2D eigenvalue weighted by Gasteiger charge is -2.28. The number of nitrogens with one attached hydrogen (secondary N) is 1. The summed E-state index contributed by atoms with van der Waals surface area (Å²) in [4.78, 5) is 0. The molecule has 0 aliphatic heterocycles. The number of rotatable bonds is 3. The Morgan fingerprint density at radius 2 is 2.00 bits per heavy atom. The molecule has 0 spiro atoms. The van der Waals surface area contributed by atoms with Gasteiger partial charge < -0.3 is 10.4 Å². The van der Waals surface area contributed by atoms with Gasteiger partial charge in [-0.05, 0) is 12.8 Å². The Kier molecular flexibility index (Phi) is 2.95. The van der Waals surface area contributed by atoms with Gasteiger partial charge in [0, 0.05) is 12.6 Å². The molecule has 1 unspecified atom stereocenters. The molecule has 1 rings (SSSR count). The van der Waals surface area contributed by atoms with Crippen LogP contribution in [-0.2, 0) is 0 Å². The predicted octanol–water partition coefficient (Wildman–Crippen LogP) is 1.05. The van der Waals surface area contributed by atoms with Crippen LogP contribution in [0.3, 0.4) is 0 Å². The summed E-state index contributed by atoms with van der Waals surface area (Å²) in [5.41, 5.74) is 0. The van der Waals surface area contributed by atoms with E-state index >= 15 is 0 Å². The van der Waals surface area contributed by atoms with Crippen LogP contribution < -0.4 is 5.32 Å². The zero-order chi connectivity index (χ0) is 9.19. The normalized spacial score (nSPS) is 22.0. The zero-order valence-electron chi connectivity index (χ0n) is 6.56. The minimum absolute atomic E-state index is 0.182. The highest BCUT2D eigenvalue weighted by Gasteiger charge is 2.38. The lowest BCUT2D eigenvalue weighted by molar-refractivity contribution is -0.202. The fourth-order valence-corrected chi connectivity index (χ4v) is 1.01. The van der Waals surface area contributed by atoms with Gasteiger partial charge >= 0.3 is 6.18 Å². The van der Waals surface area contributed by atoms with Gasteiger partial charge in [-0.15, -0.1) is 0 Å². The van der Waals surface area contributed by atoms with Gasteiger partial charge in [-0.1, -0.05) is 6.42 Å². The van der Waals surface area contributed by atoms with Gasteiger partial charge in [0.2, 0.25) is 0 Å². The van der Waals surface area contributed by atoms with Crippen LogP contribution in [-0.4, -0.2) is 30.0 Å². The van der Waals surface area contributed by atoms with E-state index in [1.54, 1.807) is 0 Å². The Bertz CT molecular complexity index is 144. The SMILES string of the molecule is OC(CNC1CCC1)C(F)(F)F. The molecule has 0 aromatic carbocycles. The van der Waals surface area contributed by atoms with E-state index in [2.05, 4.69) is 5.32 Å². The van der Waals surface area contributed by atoms with Crippen molar-refractivity contribution < 1.29 is 18.3 Å². The molecule has 0 saturated heterocycles. The number of aliphatic hydroxyl groups excluding tert-OH is 1. The molecule has 2 nitrogen and oxygen atoms in total. The summed E-state index contributed by atoms with van der Waals surface area (Å²) in [6.45, 7) is -0.381. The summed E-state index contributed by atoms with van der Waals surface area (Å²) in [5, 5.41) is 11.2. The Morgan fingerprint density at radius 3 is 2.33 bits per heavy atom. The fraction of sp³-hybridized carbons (Fsp3) is 1.00. The molecule has 5 heteroatoms. The number of hydrogen-bond acceptors (Lipinski definition) is 2. The van der Waals surface area contributed by atoms with Crippen LogP contribution in [0.4, 0.5) is 13.2 Å².